The molecule has 0 radical (unpaired) electrons. The number of rotatable bonds is 5. The van der Waals surface area contributed by atoms with Gasteiger partial charge in [-0.15, -0.1) is 5.10 Å². The Bertz CT molecular complexity index is 885. The first-order valence-corrected chi connectivity index (χ1v) is 7.34. The standard InChI is InChI=1S/C16H18N6O2/c1-21(2)11-5-3-10(4-6-11)9-18-12-7-8-13(15(23)24)22-14(12)19-16(17)20-22/h3-8,18H,9H2,1-2H3,(H2,17,20)(H,23,24). The van der Waals surface area contributed by atoms with E-state index in [9.17, 15) is 9.90 Å². The smallest absolute Gasteiger partial charge is 0.354 e. The number of carboxylic acid groups (broad SMARTS) is 1. The number of carboxylic acids is 1. The van der Waals surface area contributed by atoms with Gasteiger partial charge >= 0.3 is 5.97 Å². The van der Waals surface area contributed by atoms with Gasteiger partial charge in [0.15, 0.2) is 11.3 Å². The van der Waals surface area contributed by atoms with Crippen molar-refractivity contribution in [3.8, 4) is 0 Å². The molecule has 0 spiro atoms. The predicted octanol–water partition coefficient (Wildman–Crippen LogP) is 1.69. The first-order chi connectivity index (χ1) is 11.5. The minimum Gasteiger partial charge on any atom is -0.477 e. The van der Waals surface area contributed by atoms with E-state index in [0.29, 0.717) is 17.9 Å². The number of nitrogen functional groups attached to an aromatic ring is 1. The van der Waals surface area contributed by atoms with Gasteiger partial charge in [-0.25, -0.2) is 9.31 Å². The fourth-order valence-electron chi connectivity index (χ4n) is 2.39. The number of nitrogens with two attached hydrogens (primary N) is 1. The van der Waals surface area contributed by atoms with Crippen molar-refractivity contribution in [1.82, 2.24) is 14.6 Å². The minimum absolute atomic E-state index is 0.00934. The summed E-state index contributed by atoms with van der Waals surface area (Å²) < 4.78 is 1.23. The van der Waals surface area contributed by atoms with Crippen LogP contribution in [0.15, 0.2) is 36.4 Å². The summed E-state index contributed by atoms with van der Waals surface area (Å²) in [6, 6.07) is 11.3. The van der Waals surface area contributed by atoms with E-state index in [4.69, 9.17) is 5.73 Å². The molecular formula is C16H18N6O2. The maximum Gasteiger partial charge on any atom is 0.354 e. The highest BCUT2D eigenvalue weighted by Gasteiger charge is 2.14. The van der Waals surface area contributed by atoms with Crippen molar-refractivity contribution in [2.45, 2.75) is 6.54 Å². The zero-order valence-electron chi connectivity index (χ0n) is 13.4. The number of nitrogens with zero attached hydrogens (tertiary/aromatic N) is 4. The first kappa shape index (κ1) is 15.6. The van der Waals surface area contributed by atoms with Crippen molar-refractivity contribution in [2.24, 2.45) is 0 Å². The maximum atomic E-state index is 11.2. The van der Waals surface area contributed by atoms with Crippen LogP contribution in [0.1, 0.15) is 16.1 Å². The van der Waals surface area contributed by atoms with Crippen LogP contribution >= 0.6 is 0 Å². The summed E-state index contributed by atoms with van der Waals surface area (Å²) in [6.45, 7) is 0.572. The Morgan fingerprint density at radius 2 is 1.96 bits per heavy atom. The lowest BCUT2D eigenvalue weighted by Gasteiger charge is -2.13. The molecule has 0 aliphatic carbocycles. The average molecular weight is 326 g/mol. The Hall–Kier alpha value is -3.29. The van der Waals surface area contributed by atoms with Crippen LogP contribution < -0.4 is 16.0 Å². The van der Waals surface area contributed by atoms with Gasteiger partial charge in [-0.05, 0) is 29.8 Å². The van der Waals surface area contributed by atoms with Crippen LogP contribution in [0.5, 0.6) is 0 Å². The molecule has 0 unspecified atom stereocenters. The molecule has 0 aliphatic heterocycles. The number of anilines is 3. The van der Waals surface area contributed by atoms with Gasteiger partial charge < -0.3 is 21.1 Å². The highest BCUT2D eigenvalue weighted by Crippen LogP contribution is 2.20. The van der Waals surface area contributed by atoms with E-state index in [1.807, 2.05) is 43.3 Å². The van der Waals surface area contributed by atoms with Crippen LogP contribution in [0.25, 0.3) is 5.65 Å². The molecule has 2 heterocycles. The number of hydrogen-bond donors (Lipinski definition) is 3. The molecule has 3 aromatic rings. The summed E-state index contributed by atoms with van der Waals surface area (Å²) in [7, 11) is 3.98. The number of nitrogens with one attached hydrogen (secondary N) is 1. The zero-order chi connectivity index (χ0) is 17.3. The molecule has 8 heteroatoms. The Morgan fingerprint density at radius 3 is 2.58 bits per heavy atom. The molecule has 0 bridgehead atoms. The van der Waals surface area contributed by atoms with Crippen molar-refractivity contribution in [3.05, 3.63) is 47.7 Å². The number of aromatic nitrogens is 3. The molecule has 0 aliphatic rings. The molecule has 1 aromatic carbocycles. The van der Waals surface area contributed by atoms with Gasteiger partial charge in [-0.1, -0.05) is 12.1 Å². The van der Waals surface area contributed by atoms with Crippen LogP contribution in [0.4, 0.5) is 17.3 Å². The van der Waals surface area contributed by atoms with E-state index in [2.05, 4.69) is 15.4 Å². The Morgan fingerprint density at radius 1 is 1.25 bits per heavy atom. The second-order valence-corrected chi connectivity index (χ2v) is 5.56. The van der Waals surface area contributed by atoms with Gasteiger partial charge in [0.25, 0.3) is 0 Å². The Balaban J connectivity index is 1.85. The summed E-state index contributed by atoms with van der Waals surface area (Å²) in [5.41, 5.74) is 8.89. The van der Waals surface area contributed by atoms with Crippen LogP contribution in [0, 0.1) is 0 Å². The number of aromatic carboxylic acids is 1. The lowest BCUT2D eigenvalue weighted by atomic mass is 10.2. The second-order valence-electron chi connectivity index (χ2n) is 5.56. The number of hydrogen-bond acceptors (Lipinski definition) is 6. The van der Waals surface area contributed by atoms with Gasteiger partial charge in [0.2, 0.25) is 5.95 Å². The summed E-state index contributed by atoms with van der Waals surface area (Å²) in [6.07, 6.45) is 0. The second kappa shape index (κ2) is 6.07. The molecule has 8 nitrogen and oxygen atoms in total. The van der Waals surface area contributed by atoms with E-state index in [0.717, 1.165) is 11.3 Å². The van der Waals surface area contributed by atoms with Crippen molar-refractivity contribution < 1.29 is 9.90 Å². The molecule has 24 heavy (non-hydrogen) atoms. The first-order valence-electron chi connectivity index (χ1n) is 7.34. The molecular weight excluding hydrogens is 308 g/mol. The average Bonchev–Trinajstić information content (AvgIpc) is 2.94. The van der Waals surface area contributed by atoms with Gasteiger partial charge in [0.05, 0.1) is 5.69 Å². The molecule has 3 rings (SSSR count). The molecule has 0 saturated carbocycles. The van der Waals surface area contributed by atoms with Gasteiger partial charge in [-0.3, -0.25) is 0 Å². The normalized spacial score (nSPS) is 10.8. The van der Waals surface area contributed by atoms with Crippen LogP contribution in [0.2, 0.25) is 0 Å². The van der Waals surface area contributed by atoms with Crippen molar-refractivity contribution in [1.29, 1.82) is 0 Å². The fourth-order valence-corrected chi connectivity index (χ4v) is 2.39. The number of pyridine rings is 1. The monoisotopic (exact) mass is 326 g/mol. The SMILES string of the molecule is CN(C)c1ccc(CNc2ccc(C(=O)O)n3nc(N)nc23)cc1. The summed E-state index contributed by atoms with van der Waals surface area (Å²) in [5.74, 6) is -1.06. The van der Waals surface area contributed by atoms with Crippen LogP contribution in [0.3, 0.4) is 0 Å². The molecule has 124 valence electrons. The fraction of sp³-hybridized carbons (Fsp3) is 0.188. The van der Waals surface area contributed by atoms with E-state index < -0.39 is 5.97 Å². The Kier molecular flexibility index (Phi) is 3.95. The molecule has 0 amide bonds. The van der Waals surface area contributed by atoms with Gasteiger partial charge in [0, 0.05) is 26.3 Å². The third kappa shape index (κ3) is 2.94. The Labute approximate surface area is 138 Å². The summed E-state index contributed by atoms with van der Waals surface area (Å²) >= 11 is 0. The van der Waals surface area contributed by atoms with Gasteiger partial charge in [-0.2, -0.15) is 4.98 Å². The number of fused-ring (bicyclic) bond motifs is 1. The molecule has 0 atom stereocenters. The van der Waals surface area contributed by atoms with Crippen molar-refractivity contribution in [2.75, 3.05) is 30.0 Å². The number of benzene rings is 1. The summed E-state index contributed by atoms with van der Waals surface area (Å²) in [5, 5.41) is 16.4. The predicted molar refractivity (Wildman–Crippen MR) is 92.5 cm³/mol. The third-order valence-electron chi connectivity index (χ3n) is 3.66. The molecule has 2 aromatic heterocycles. The van der Waals surface area contributed by atoms with E-state index in [-0.39, 0.29) is 11.6 Å². The largest absolute Gasteiger partial charge is 0.477 e. The van der Waals surface area contributed by atoms with Crippen LogP contribution in [-0.2, 0) is 6.54 Å². The van der Waals surface area contributed by atoms with E-state index >= 15 is 0 Å². The maximum absolute atomic E-state index is 11.2. The molecule has 0 saturated heterocycles. The quantitative estimate of drug-likeness (QED) is 0.654. The number of carbonyl (C=O) groups is 1. The minimum atomic E-state index is -1.09. The zero-order valence-corrected chi connectivity index (χ0v) is 13.4. The highest BCUT2D eigenvalue weighted by atomic mass is 16.4. The van der Waals surface area contributed by atoms with Gasteiger partial charge in [0.1, 0.15) is 0 Å². The molecule has 4 N–H and O–H groups in total. The topological polar surface area (TPSA) is 109 Å². The highest BCUT2D eigenvalue weighted by molar-refractivity contribution is 5.88. The van der Waals surface area contributed by atoms with E-state index in [1.54, 1.807) is 6.07 Å². The lowest BCUT2D eigenvalue weighted by Crippen LogP contribution is -2.10. The van der Waals surface area contributed by atoms with Crippen LogP contribution in [-0.4, -0.2) is 39.8 Å². The lowest BCUT2D eigenvalue weighted by molar-refractivity contribution is 0.0687. The molecule has 0 fully saturated rings. The summed E-state index contributed by atoms with van der Waals surface area (Å²) in [4.78, 5) is 17.4. The van der Waals surface area contributed by atoms with Crippen molar-refractivity contribution in [3.63, 3.8) is 0 Å². The third-order valence-corrected chi connectivity index (χ3v) is 3.66. The van der Waals surface area contributed by atoms with E-state index in [1.165, 1.54) is 10.6 Å². The van der Waals surface area contributed by atoms with Crippen molar-refractivity contribution >= 4 is 28.9 Å².